The van der Waals surface area contributed by atoms with E-state index in [1.807, 2.05) is 0 Å². The van der Waals surface area contributed by atoms with Gasteiger partial charge in [-0.2, -0.15) is 0 Å². The van der Waals surface area contributed by atoms with Crippen LogP contribution in [-0.4, -0.2) is 19.3 Å². The van der Waals surface area contributed by atoms with Crippen molar-refractivity contribution in [1.29, 1.82) is 0 Å². The summed E-state index contributed by atoms with van der Waals surface area (Å²) in [5.41, 5.74) is 2.75. The summed E-state index contributed by atoms with van der Waals surface area (Å²) < 4.78 is 11.6. The number of halogens is 1. The minimum atomic E-state index is 0.117. The van der Waals surface area contributed by atoms with E-state index < -0.39 is 0 Å². The van der Waals surface area contributed by atoms with Gasteiger partial charge >= 0.3 is 0 Å². The van der Waals surface area contributed by atoms with Gasteiger partial charge in [-0.3, -0.25) is 0 Å². The van der Waals surface area contributed by atoms with E-state index >= 15 is 0 Å². The average Bonchev–Trinajstić information content (AvgIpc) is 2.74. The van der Waals surface area contributed by atoms with Crippen molar-refractivity contribution < 1.29 is 9.47 Å². The molecule has 0 amide bonds. The Bertz CT molecular complexity index is 464. The van der Waals surface area contributed by atoms with E-state index in [4.69, 9.17) is 9.47 Å². The highest BCUT2D eigenvalue weighted by atomic mass is 79.9. The molecule has 3 heteroatoms. The summed E-state index contributed by atoms with van der Waals surface area (Å²) in [6, 6.07) is 6.56. The highest BCUT2D eigenvalue weighted by Gasteiger charge is 2.33. The number of hydrogen-bond donors (Lipinski definition) is 0. The first-order chi connectivity index (χ1) is 9.08. The van der Waals surface area contributed by atoms with Gasteiger partial charge in [0.15, 0.2) is 0 Å². The summed E-state index contributed by atoms with van der Waals surface area (Å²) in [4.78, 5) is 0.287. The van der Waals surface area contributed by atoms with Gasteiger partial charge in [-0.25, -0.2) is 0 Å². The Morgan fingerprint density at radius 1 is 1.32 bits per heavy atom. The molecular weight excluding hydrogens is 304 g/mol. The number of rotatable bonds is 2. The molecule has 0 radical (unpaired) electrons. The first kappa shape index (κ1) is 13.4. The van der Waals surface area contributed by atoms with Crippen LogP contribution in [0.5, 0.6) is 5.75 Å². The standard InChI is InChI=1S/C16H21BrO2/c1-16(2)10-19-13-7-6-11(9-12(13)16)15(17)14-5-3-4-8-18-14/h6-7,9,14-15H,3-5,8,10H2,1-2H3. The van der Waals surface area contributed by atoms with Crippen molar-refractivity contribution >= 4 is 15.9 Å². The summed E-state index contributed by atoms with van der Waals surface area (Å²) >= 11 is 3.83. The molecule has 0 N–H and O–H groups in total. The smallest absolute Gasteiger partial charge is 0.123 e. The SMILES string of the molecule is CC1(C)COc2ccc(C(Br)C3CCCCO3)cc21. The van der Waals surface area contributed by atoms with Crippen LogP contribution in [0.25, 0.3) is 0 Å². The molecule has 2 aliphatic rings. The lowest BCUT2D eigenvalue weighted by molar-refractivity contribution is 0.0160. The fourth-order valence-corrected chi connectivity index (χ4v) is 3.62. The molecule has 0 bridgehead atoms. The molecule has 1 aromatic carbocycles. The van der Waals surface area contributed by atoms with Crippen LogP contribution in [0.4, 0.5) is 0 Å². The molecule has 3 rings (SSSR count). The summed E-state index contributed by atoms with van der Waals surface area (Å²) in [5.74, 6) is 1.04. The van der Waals surface area contributed by atoms with Crippen molar-refractivity contribution in [1.82, 2.24) is 0 Å². The zero-order chi connectivity index (χ0) is 13.5. The Balaban J connectivity index is 1.85. The van der Waals surface area contributed by atoms with E-state index in [1.165, 1.54) is 24.0 Å². The van der Waals surface area contributed by atoms with Crippen LogP contribution in [0.3, 0.4) is 0 Å². The zero-order valence-corrected chi connectivity index (χ0v) is 13.2. The molecule has 19 heavy (non-hydrogen) atoms. The Morgan fingerprint density at radius 3 is 2.89 bits per heavy atom. The first-order valence-corrected chi connectivity index (χ1v) is 8.02. The molecule has 2 unspecified atom stereocenters. The lowest BCUT2D eigenvalue weighted by Gasteiger charge is -2.27. The van der Waals surface area contributed by atoms with Gasteiger partial charge in [0.05, 0.1) is 17.5 Å². The maximum Gasteiger partial charge on any atom is 0.123 e. The van der Waals surface area contributed by atoms with Crippen molar-refractivity contribution in [3.8, 4) is 5.75 Å². The molecule has 2 atom stereocenters. The molecule has 0 spiro atoms. The van der Waals surface area contributed by atoms with E-state index in [1.54, 1.807) is 0 Å². The van der Waals surface area contributed by atoms with Crippen LogP contribution in [0.2, 0.25) is 0 Å². The average molecular weight is 325 g/mol. The number of ether oxygens (including phenoxy) is 2. The first-order valence-electron chi connectivity index (χ1n) is 7.11. The van der Waals surface area contributed by atoms with Gasteiger partial charge in [-0.1, -0.05) is 41.9 Å². The molecule has 104 valence electrons. The predicted molar refractivity (Wildman–Crippen MR) is 80.2 cm³/mol. The van der Waals surface area contributed by atoms with Crippen LogP contribution in [0.15, 0.2) is 18.2 Å². The second kappa shape index (κ2) is 5.10. The molecule has 0 aromatic heterocycles. The van der Waals surface area contributed by atoms with E-state index in [0.29, 0.717) is 6.10 Å². The van der Waals surface area contributed by atoms with Gasteiger partial charge in [0.2, 0.25) is 0 Å². The van der Waals surface area contributed by atoms with Crippen LogP contribution in [-0.2, 0) is 10.2 Å². The van der Waals surface area contributed by atoms with Crippen molar-refractivity contribution in [2.45, 2.75) is 49.5 Å². The van der Waals surface area contributed by atoms with Gasteiger partial charge < -0.3 is 9.47 Å². The van der Waals surface area contributed by atoms with E-state index in [9.17, 15) is 0 Å². The van der Waals surface area contributed by atoms with Crippen molar-refractivity contribution in [3.63, 3.8) is 0 Å². The van der Waals surface area contributed by atoms with Crippen LogP contribution in [0.1, 0.15) is 49.1 Å². The topological polar surface area (TPSA) is 18.5 Å². The summed E-state index contributed by atoms with van der Waals surface area (Å²) in [5, 5.41) is 0. The highest BCUT2D eigenvalue weighted by molar-refractivity contribution is 9.09. The highest BCUT2D eigenvalue weighted by Crippen LogP contribution is 2.42. The van der Waals surface area contributed by atoms with Gasteiger partial charge in [0.25, 0.3) is 0 Å². The maximum atomic E-state index is 5.89. The third-order valence-electron chi connectivity index (χ3n) is 4.18. The second-order valence-electron chi connectivity index (χ2n) is 6.23. The maximum absolute atomic E-state index is 5.89. The summed E-state index contributed by atoms with van der Waals surface area (Å²) in [6.07, 6.45) is 3.91. The zero-order valence-electron chi connectivity index (χ0n) is 11.6. The molecular formula is C16H21BrO2. The molecule has 1 fully saturated rings. The lowest BCUT2D eigenvalue weighted by atomic mass is 9.85. The minimum absolute atomic E-state index is 0.117. The second-order valence-corrected chi connectivity index (χ2v) is 7.22. The number of alkyl halides is 1. The Hall–Kier alpha value is -0.540. The summed E-state index contributed by atoms with van der Waals surface area (Å²) in [7, 11) is 0. The predicted octanol–water partition coefficient (Wildman–Crippen LogP) is 4.36. The van der Waals surface area contributed by atoms with Crippen molar-refractivity contribution in [3.05, 3.63) is 29.3 Å². The molecule has 0 saturated carbocycles. The Labute approximate surface area is 123 Å². The van der Waals surface area contributed by atoms with E-state index in [2.05, 4.69) is 48.0 Å². The normalized spacial score (nSPS) is 26.6. The third kappa shape index (κ3) is 2.55. The Kier molecular flexibility index (Phi) is 3.61. The third-order valence-corrected chi connectivity index (χ3v) is 5.30. The molecule has 0 aliphatic carbocycles. The molecule has 2 heterocycles. The van der Waals surface area contributed by atoms with Crippen LogP contribution >= 0.6 is 15.9 Å². The number of benzene rings is 1. The quantitative estimate of drug-likeness (QED) is 0.752. The van der Waals surface area contributed by atoms with Crippen molar-refractivity contribution in [2.75, 3.05) is 13.2 Å². The van der Waals surface area contributed by atoms with Gasteiger partial charge in [0.1, 0.15) is 5.75 Å². The molecule has 2 nitrogen and oxygen atoms in total. The van der Waals surface area contributed by atoms with Gasteiger partial charge in [-0.05, 0) is 30.9 Å². The van der Waals surface area contributed by atoms with Crippen LogP contribution in [0, 0.1) is 0 Å². The fourth-order valence-electron chi connectivity index (χ4n) is 2.92. The Morgan fingerprint density at radius 2 is 2.16 bits per heavy atom. The molecule has 2 aliphatic heterocycles. The van der Waals surface area contributed by atoms with E-state index in [0.717, 1.165) is 25.4 Å². The molecule has 1 saturated heterocycles. The van der Waals surface area contributed by atoms with Crippen LogP contribution < -0.4 is 4.74 Å². The lowest BCUT2D eigenvalue weighted by Crippen LogP contribution is -2.23. The monoisotopic (exact) mass is 324 g/mol. The van der Waals surface area contributed by atoms with Gasteiger partial charge in [-0.15, -0.1) is 0 Å². The largest absolute Gasteiger partial charge is 0.492 e. The van der Waals surface area contributed by atoms with Gasteiger partial charge in [0, 0.05) is 17.6 Å². The minimum Gasteiger partial charge on any atom is -0.492 e. The van der Waals surface area contributed by atoms with Crippen molar-refractivity contribution in [2.24, 2.45) is 0 Å². The fraction of sp³-hybridized carbons (Fsp3) is 0.625. The van der Waals surface area contributed by atoms with E-state index in [-0.39, 0.29) is 10.2 Å². The number of hydrogen-bond acceptors (Lipinski definition) is 2. The molecule has 1 aromatic rings. The number of fused-ring (bicyclic) bond motifs is 1. The summed E-state index contributed by atoms with van der Waals surface area (Å²) in [6.45, 7) is 6.15.